The van der Waals surface area contributed by atoms with Crippen molar-refractivity contribution < 1.29 is 9.21 Å². The molecule has 1 heterocycles. The van der Waals surface area contributed by atoms with E-state index in [1.807, 2.05) is 48.5 Å². The largest absolute Gasteiger partial charge is 0.436 e. The van der Waals surface area contributed by atoms with Gasteiger partial charge in [0.25, 0.3) is 5.91 Å². The van der Waals surface area contributed by atoms with Crippen LogP contribution in [0.3, 0.4) is 0 Å². The van der Waals surface area contributed by atoms with Gasteiger partial charge in [-0.25, -0.2) is 4.98 Å². The highest BCUT2D eigenvalue weighted by molar-refractivity contribution is 14.1. The first-order valence-electron chi connectivity index (χ1n) is 8.69. The number of amides is 1. The van der Waals surface area contributed by atoms with E-state index in [9.17, 15) is 4.79 Å². The predicted molar refractivity (Wildman–Crippen MR) is 116 cm³/mol. The molecular formula is C22H17IN2O2. The first-order valence-corrected chi connectivity index (χ1v) is 9.77. The quantitative estimate of drug-likeness (QED) is 0.379. The summed E-state index contributed by atoms with van der Waals surface area (Å²) in [6, 6.07) is 21.1. The third kappa shape index (κ3) is 3.88. The van der Waals surface area contributed by atoms with Crippen molar-refractivity contribution >= 4 is 45.3 Å². The number of halogens is 1. The number of nitrogens with one attached hydrogen (secondary N) is 1. The zero-order chi connectivity index (χ0) is 18.8. The van der Waals surface area contributed by atoms with Crippen LogP contribution in [-0.2, 0) is 6.42 Å². The van der Waals surface area contributed by atoms with Crippen LogP contribution in [0.5, 0.6) is 0 Å². The molecular weight excluding hydrogens is 451 g/mol. The summed E-state index contributed by atoms with van der Waals surface area (Å²) in [6.45, 7) is 2.13. The fourth-order valence-corrected chi connectivity index (χ4v) is 3.39. The summed E-state index contributed by atoms with van der Waals surface area (Å²) in [5, 5.41) is 2.92. The number of nitrogens with zero attached hydrogens (tertiary/aromatic N) is 1. The van der Waals surface area contributed by atoms with Crippen LogP contribution in [0, 0.1) is 3.57 Å². The molecule has 0 saturated heterocycles. The minimum Gasteiger partial charge on any atom is -0.436 e. The summed E-state index contributed by atoms with van der Waals surface area (Å²) in [5.41, 5.74) is 4.93. The van der Waals surface area contributed by atoms with Gasteiger partial charge in [-0.15, -0.1) is 0 Å². The summed E-state index contributed by atoms with van der Waals surface area (Å²) in [7, 11) is 0. The van der Waals surface area contributed by atoms with Crippen molar-refractivity contribution in [1.82, 2.24) is 4.98 Å². The molecule has 5 heteroatoms. The van der Waals surface area contributed by atoms with Crippen molar-refractivity contribution in [1.29, 1.82) is 0 Å². The molecule has 0 bridgehead atoms. The minimum absolute atomic E-state index is 0.147. The molecule has 1 aromatic heterocycles. The lowest BCUT2D eigenvalue weighted by atomic mass is 10.1. The van der Waals surface area contributed by atoms with Crippen molar-refractivity contribution in [2.75, 3.05) is 5.32 Å². The van der Waals surface area contributed by atoms with Crippen molar-refractivity contribution in [3.05, 3.63) is 81.4 Å². The zero-order valence-electron chi connectivity index (χ0n) is 14.7. The van der Waals surface area contributed by atoms with E-state index in [1.54, 1.807) is 6.07 Å². The maximum Gasteiger partial charge on any atom is 0.255 e. The Balaban J connectivity index is 1.59. The fraction of sp³-hybridized carbons (Fsp3) is 0.0909. The van der Waals surface area contributed by atoms with E-state index in [0.29, 0.717) is 28.2 Å². The molecule has 0 spiro atoms. The first-order chi connectivity index (χ1) is 13.1. The van der Waals surface area contributed by atoms with Gasteiger partial charge in [0.05, 0.1) is 0 Å². The van der Waals surface area contributed by atoms with Gasteiger partial charge in [0.1, 0.15) is 5.52 Å². The lowest BCUT2D eigenvalue weighted by Gasteiger charge is -2.05. The maximum atomic E-state index is 12.4. The summed E-state index contributed by atoms with van der Waals surface area (Å²) in [5.74, 6) is 0.431. The third-order valence-corrected chi connectivity index (χ3v) is 5.01. The van der Waals surface area contributed by atoms with Gasteiger partial charge in [0.15, 0.2) is 5.58 Å². The Labute approximate surface area is 170 Å². The molecule has 0 fully saturated rings. The highest BCUT2D eigenvalue weighted by Gasteiger charge is 2.11. The minimum atomic E-state index is -0.147. The Hall–Kier alpha value is -2.67. The van der Waals surface area contributed by atoms with Gasteiger partial charge in [0, 0.05) is 20.4 Å². The van der Waals surface area contributed by atoms with E-state index in [1.165, 1.54) is 5.56 Å². The molecule has 3 aromatic carbocycles. The molecule has 4 rings (SSSR count). The molecule has 27 heavy (non-hydrogen) atoms. The van der Waals surface area contributed by atoms with Gasteiger partial charge in [-0.1, -0.05) is 25.1 Å². The maximum absolute atomic E-state index is 12.4. The van der Waals surface area contributed by atoms with E-state index in [-0.39, 0.29) is 5.91 Å². The van der Waals surface area contributed by atoms with Gasteiger partial charge < -0.3 is 9.73 Å². The van der Waals surface area contributed by atoms with Crippen LogP contribution in [-0.4, -0.2) is 10.9 Å². The fourth-order valence-electron chi connectivity index (χ4n) is 2.84. The second-order valence-electron chi connectivity index (χ2n) is 6.22. The average molecular weight is 468 g/mol. The van der Waals surface area contributed by atoms with Gasteiger partial charge in [-0.2, -0.15) is 0 Å². The number of hydrogen-bond donors (Lipinski definition) is 1. The van der Waals surface area contributed by atoms with Crippen LogP contribution in [0.15, 0.2) is 71.1 Å². The molecule has 0 aliphatic carbocycles. The number of carbonyl (C=O) groups is 1. The lowest BCUT2D eigenvalue weighted by Crippen LogP contribution is -2.11. The van der Waals surface area contributed by atoms with Gasteiger partial charge in [-0.05, 0) is 83.1 Å². The number of hydrogen-bond acceptors (Lipinski definition) is 3. The van der Waals surface area contributed by atoms with Crippen molar-refractivity contribution in [3.63, 3.8) is 0 Å². The molecule has 1 amide bonds. The molecule has 1 N–H and O–H groups in total. The summed E-state index contributed by atoms with van der Waals surface area (Å²) in [4.78, 5) is 17.0. The number of carbonyl (C=O) groups excluding carboxylic acids is 1. The number of aryl methyl sites for hydroxylation is 1. The van der Waals surface area contributed by atoms with E-state index in [4.69, 9.17) is 4.42 Å². The smallest absolute Gasteiger partial charge is 0.255 e. The van der Waals surface area contributed by atoms with Crippen LogP contribution in [0.4, 0.5) is 5.69 Å². The normalized spacial score (nSPS) is 10.9. The topological polar surface area (TPSA) is 55.1 Å². The monoisotopic (exact) mass is 468 g/mol. The Bertz CT molecular complexity index is 1120. The number of anilines is 1. The van der Waals surface area contributed by atoms with Crippen LogP contribution >= 0.6 is 22.6 Å². The van der Waals surface area contributed by atoms with E-state index in [2.05, 4.69) is 51.9 Å². The molecule has 134 valence electrons. The van der Waals surface area contributed by atoms with Gasteiger partial charge in [-0.3, -0.25) is 4.79 Å². The average Bonchev–Trinajstić information content (AvgIpc) is 3.11. The number of fused-ring (bicyclic) bond motifs is 1. The Kier molecular flexibility index (Phi) is 4.94. The molecule has 0 aliphatic heterocycles. The standard InChI is InChI=1S/C22H17IN2O2/c1-2-14-6-8-15(9-7-14)22-25-19-13-18(10-11-20(19)27-22)24-21(26)16-4-3-5-17(23)12-16/h3-13H,2H2,1H3,(H,24,26). The third-order valence-electron chi connectivity index (χ3n) is 4.34. The molecule has 0 atom stereocenters. The SMILES string of the molecule is CCc1ccc(-c2nc3cc(NC(=O)c4cccc(I)c4)ccc3o2)cc1. The molecule has 0 unspecified atom stereocenters. The van der Waals surface area contributed by atoms with Crippen molar-refractivity contribution in [2.45, 2.75) is 13.3 Å². The van der Waals surface area contributed by atoms with Crippen molar-refractivity contribution in [2.24, 2.45) is 0 Å². The number of rotatable bonds is 4. The Morgan fingerprint density at radius 2 is 1.89 bits per heavy atom. The molecule has 0 aliphatic rings. The van der Waals surface area contributed by atoms with E-state index < -0.39 is 0 Å². The Morgan fingerprint density at radius 1 is 1.07 bits per heavy atom. The Morgan fingerprint density at radius 3 is 2.63 bits per heavy atom. The number of aromatic nitrogens is 1. The number of oxazole rings is 1. The predicted octanol–water partition coefficient (Wildman–Crippen LogP) is 5.91. The zero-order valence-corrected chi connectivity index (χ0v) is 16.9. The molecule has 4 aromatic rings. The van der Waals surface area contributed by atoms with Crippen LogP contribution < -0.4 is 5.32 Å². The van der Waals surface area contributed by atoms with Crippen LogP contribution in [0.1, 0.15) is 22.8 Å². The molecule has 0 radical (unpaired) electrons. The van der Waals surface area contributed by atoms with Gasteiger partial charge >= 0.3 is 0 Å². The second-order valence-corrected chi connectivity index (χ2v) is 7.46. The molecule has 0 saturated carbocycles. The first kappa shape index (κ1) is 17.7. The van der Waals surface area contributed by atoms with E-state index in [0.717, 1.165) is 15.6 Å². The summed E-state index contributed by atoms with van der Waals surface area (Å²) in [6.07, 6.45) is 0.997. The lowest BCUT2D eigenvalue weighted by molar-refractivity contribution is 0.102. The van der Waals surface area contributed by atoms with Gasteiger partial charge in [0.2, 0.25) is 5.89 Å². The summed E-state index contributed by atoms with van der Waals surface area (Å²) >= 11 is 2.19. The van der Waals surface area contributed by atoms with Crippen LogP contribution in [0.25, 0.3) is 22.6 Å². The highest BCUT2D eigenvalue weighted by Crippen LogP contribution is 2.26. The van der Waals surface area contributed by atoms with E-state index >= 15 is 0 Å². The number of benzene rings is 3. The summed E-state index contributed by atoms with van der Waals surface area (Å²) < 4.78 is 6.88. The van der Waals surface area contributed by atoms with Crippen LogP contribution in [0.2, 0.25) is 0 Å². The second kappa shape index (κ2) is 7.52. The molecule has 4 nitrogen and oxygen atoms in total. The van der Waals surface area contributed by atoms with Crippen molar-refractivity contribution in [3.8, 4) is 11.5 Å². The highest BCUT2D eigenvalue weighted by atomic mass is 127.